The lowest BCUT2D eigenvalue weighted by Gasteiger charge is -2.34. The summed E-state index contributed by atoms with van der Waals surface area (Å²) >= 11 is 2.06. The molecule has 1 unspecified atom stereocenters. The van der Waals surface area contributed by atoms with Crippen LogP contribution in [0, 0.1) is 0 Å². The molecule has 8 heteroatoms. The number of para-hydroxylation sites is 1. The molecule has 1 saturated heterocycles. The van der Waals surface area contributed by atoms with Crippen LogP contribution in [0.5, 0.6) is 0 Å². The van der Waals surface area contributed by atoms with Crippen molar-refractivity contribution >= 4 is 41.7 Å². The van der Waals surface area contributed by atoms with E-state index in [1.165, 1.54) is 6.42 Å². The van der Waals surface area contributed by atoms with Gasteiger partial charge in [-0.15, -0.1) is 34.2 Å². The number of hydrogen-bond acceptors (Lipinski definition) is 4. The number of hydrogen-bond donors (Lipinski definition) is 1. The molecule has 0 amide bonds. The molecule has 1 aromatic carbocycles. The lowest BCUT2D eigenvalue weighted by Crippen LogP contribution is -2.47. The van der Waals surface area contributed by atoms with E-state index in [1.54, 1.807) is 6.33 Å². The molecule has 25 heavy (non-hydrogen) atoms. The second-order valence-corrected chi connectivity index (χ2v) is 7.11. The Kier molecular flexibility index (Phi) is 8.01. The molecule has 0 aliphatic carbocycles. The van der Waals surface area contributed by atoms with E-state index in [-0.39, 0.29) is 24.0 Å². The topological polar surface area (TPSA) is 58.3 Å². The van der Waals surface area contributed by atoms with Crippen LogP contribution in [0.15, 0.2) is 41.7 Å². The Balaban J connectivity index is 0.00000225. The van der Waals surface area contributed by atoms with Crippen molar-refractivity contribution < 1.29 is 0 Å². The van der Waals surface area contributed by atoms with E-state index in [1.807, 2.05) is 29.8 Å². The molecule has 0 bridgehead atoms. The van der Waals surface area contributed by atoms with Gasteiger partial charge in [0.2, 0.25) is 0 Å². The maximum absolute atomic E-state index is 4.45. The lowest BCUT2D eigenvalue weighted by molar-refractivity contribution is 0.407. The first-order valence-corrected chi connectivity index (χ1v) is 9.38. The van der Waals surface area contributed by atoms with Gasteiger partial charge in [-0.1, -0.05) is 25.1 Å². The van der Waals surface area contributed by atoms with E-state index in [4.69, 9.17) is 0 Å². The zero-order valence-corrected chi connectivity index (χ0v) is 17.8. The number of nitrogens with zero attached hydrogens (tertiary/aromatic N) is 5. The van der Waals surface area contributed by atoms with Gasteiger partial charge in [0.25, 0.3) is 0 Å². The smallest absolute Gasteiger partial charge is 0.194 e. The summed E-state index contributed by atoms with van der Waals surface area (Å²) in [7, 11) is 1.84. The number of nitrogens with one attached hydrogen (secondary N) is 1. The highest BCUT2D eigenvalue weighted by atomic mass is 127. The first-order valence-electron chi connectivity index (χ1n) is 8.33. The highest BCUT2D eigenvalue weighted by molar-refractivity contribution is 14.0. The van der Waals surface area contributed by atoms with Gasteiger partial charge in [0.1, 0.15) is 6.33 Å². The number of aromatic nitrogens is 3. The van der Waals surface area contributed by atoms with Gasteiger partial charge in [0, 0.05) is 36.8 Å². The second-order valence-electron chi connectivity index (χ2n) is 5.70. The van der Waals surface area contributed by atoms with Crippen molar-refractivity contribution in [1.82, 2.24) is 25.0 Å². The zero-order valence-electron chi connectivity index (χ0n) is 14.6. The van der Waals surface area contributed by atoms with Gasteiger partial charge in [-0.05, 0) is 18.6 Å². The van der Waals surface area contributed by atoms with E-state index >= 15 is 0 Å². The number of halogens is 1. The minimum Gasteiger partial charge on any atom is -0.349 e. The third kappa shape index (κ3) is 5.10. The van der Waals surface area contributed by atoms with Crippen LogP contribution in [-0.4, -0.2) is 56.8 Å². The van der Waals surface area contributed by atoms with Crippen LogP contribution in [0.4, 0.5) is 0 Å². The summed E-state index contributed by atoms with van der Waals surface area (Å²) in [5, 5.41) is 12.4. The van der Waals surface area contributed by atoms with Crippen molar-refractivity contribution in [3.05, 3.63) is 42.5 Å². The van der Waals surface area contributed by atoms with Crippen molar-refractivity contribution in [2.24, 2.45) is 4.99 Å². The van der Waals surface area contributed by atoms with Gasteiger partial charge >= 0.3 is 0 Å². The largest absolute Gasteiger partial charge is 0.349 e. The molecule has 1 aliphatic heterocycles. The van der Waals surface area contributed by atoms with Crippen LogP contribution < -0.4 is 5.32 Å². The fraction of sp³-hybridized carbons (Fsp3) is 0.471. The Labute approximate surface area is 170 Å². The maximum atomic E-state index is 4.45. The van der Waals surface area contributed by atoms with Crippen molar-refractivity contribution in [1.29, 1.82) is 0 Å². The number of rotatable bonds is 4. The zero-order chi connectivity index (χ0) is 16.8. The number of thioether (sulfide) groups is 1. The average Bonchev–Trinajstić information content (AvgIpc) is 3.12. The third-order valence-electron chi connectivity index (χ3n) is 4.16. The molecule has 3 rings (SSSR count). The summed E-state index contributed by atoms with van der Waals surface area (Å²) in [6, 6.07) is 10.1. The Bertz CT molecular complexity index is 675. The quantitative estimate of drug-likeness (QED) is 0.422. The van der Waals surface area contributed by atoms with E-state index in [0.717, 1.165) is 36.3 Å². The number of aliphatic imine (C=N–C) groups is 1. The predicted molar refractivity (Wildman–Crippen MR) is 115 cm³/mol. The van der Waals surface area contributed by atoms with Crippen LogP contribution in [0.3, 0.4) is 0 Å². The molecule has 2 aromatic rings. The monoisotopic (exact) mass is 472 g/mol. The van der Waals surface area contributed by atoms with Crippen LogP contribution in [0.2, 0.25) is 0 Å². The first kappa shape index (κ1) is 20.0. The highest BCUT2D eigenvalue weighted by Gasteiger charge is 2.21. The maximum Gasteiger partial charge on any atom is 0.194 e. The van der Waals surface area contributed by atoms with E-state index in [9.17, 15) is 0 Å². The summed E-state index contributed by atoms with van der Waals surface area (Å²) in [5.41, 5.74) is 1.06. The predicted octanol–water partition coefficient (Wildman–Crippen LogP) is 2.79. The fourth-order valence-corrected chi connectivity index (χ4v) is 4.01. The third-order valence-corrected chi connectivity index (χ3v) is 5.53. The minimum atomic E-state index is 0. The van der Waals surface area contributed by atoms with Crippen molar-refractivity contribution in [3.63, 3.8) is 0 Å². The van der Waals surface area contributed by atoms with Crippen molar-refractivity contribution in [2.45, 2.75) is 25.1 Å². The van der Waals surface area contributed by atoms with Gasteiger partial charge in [-0.3, -0.25) is 9.56 Å². The van der Waals surface area contributed by atoms with Crippen LogP contribution in [-0.2, 0) is 6.54 Å². The SMILES string of the molecule is CCC1CN(C(=NC)NCc2nncn2-c2ccccc2)CCS1.I. The summed E-state index contributed by atoms with van der Waals surface area (Å²) in [6.07, 6.45) is 2.94. The number of guanidine groups is 1. The molecule has 1 fully saturated rings. The first-order chi connectivity index (χ1) is 11.8. The molecule has 0 saturated carbocycles. The van der Waals surface area contributed by atoms with Gasteiger partial charge < -0.3 is 10.2 Å². The molecule has 0 spiro atoms. The van der Waals surface area contributed by atoms with E-state index in [2.05, 4.69) is 56.2 Å². The molecule has 1 atom stereocenters. The summed E-state index contributed by atoms with van der Waals surface area (Å²) < 4.78 is 2.00. The Morgan fingerprint density at radius 3 is 2.88 bits per heavy atom. The van der Waals surface area contributed by atoms with Crippen molar-refractivity contribution in [2.75, 3.05) is 25.9 Å². The molecular weight excluding hydrogens is 447 g/mol. The molecule has 6 nitrogen and oxygen atoms in total. The van der Waals surface area contributed by atoms with Gasteiger partial charge in [-0.2, -0.15) is 11.8 Å². The molecule has 2 heterocycles. The van der Waals surface area contributed by atoms with Crippen molar-refractivity contribution in [3.8, 4) is 5.69 Å². The second kappa shape index (κ2) is 10.0. The van der Waals surface area contributed by atoms with Crippen LogP contribution >= 0.6 is 35.7 Å². The van der Waals surface area contributed by atoms with Crippen LogP contribution in [0.1, 0.15) is 19.2 Å². The molecule has 1 N–H and O–H groups in total. The van der Waals surface area contributed by atoms with Crippen LogP contribution in [0.25, 0.3) is 5.69 Å². The lowest BCUT2D eigenvalue weighted by atomic mass is 10.3. The number of benzene rings is 1. The Hall–Kier alpha value is -1.29. The van der Waals surface area contributed by atoms with Gasteiger partial charge in [0.15, 0.2) is 11.8 Å². The Morgan fingerprint density at radius 2 is 2.16 bits per heavy atom. The fourth-order valence-electron chi connectivity index (χ4n) is 2.83. The van der Waals surface area contributed by atoms with Gasteiger partial charge in [-0.25, -0.2) is 0 Å². The summed E-state index contributed by atoms with van der Waals surface area (Å²) in [4.78, 5) is 6.79. The molecule has 1 aromatic heterocycles. The minimum absolute atomic E-state index is 0. The standard InChI is InChI=1S/C17H24N6S.HI/c1-3-15-12-22(9-10-24-15)17(18-2)19-11-16-21-20-13-23(16)14-7-5-4-6-8-14;/h4-8,13,15H,3,9-12H2,1-2H3,(H,18,19);1H. The Morgan fingerprint density at radius 1 is 1.36 bits per heavy atom. The summed E-state index contributed by atoms with van der Waals surface area (Å²) in [6.45, 7) is 4.93. The molecular formula is C17H25IN6S. The molecule has 1 aliphatic rings. The van der Waals surface area contributed by atoms with E-state index < -0.39 is 0 Å². The highest BCUT2D eigenvalue weighted by Crippen LogP contribution is 2.21. The normalized spacial score (nSPS) is 17.9. The molecule has 0 radical (unpaired) electrons. The average molecular weight is 472 g/mol. The van der Waals surface area contributed by atoms with E-state index in [0.29, 0.717) is 11.8 Å². The van der Waals surface area contributed by atoms with Gasteiger partial charge in [0.05, 0.1) is 6.54 Å². The summed E-state index contributed by atoms with van der Waals surface area (Å²) in [5.74, 6) is 2.97. The molecule has 136 valence electrons.